The number of carbonyl (C=O) groups excluding carboxylic acids is 2. The minimum Gasteiger partial charge on any atom is -0.507 e. The molecule has 1 atom stereocenters. The van der Waals surface area contributed by atoms with Crippen molar-refractivity contribution in [2.75, 3.05) is 6.54 Å². The molecule has 1 aromatic carbocycles. The molecule has 1 unspecified atom stereocenters. The van der Waals surface area contributed by atoms with Crippen LogP contribution in [0.2, 0.25) is 0 Å². The molecule has 2 aromatic rings. The van der Waals surface area contributed by atoms with E-state index in [0.717, 1.165) is 12.8 Å². The third-order valence-corrected chi connectivity index (χ3v) is 4.84. The summed E-state index contributed by atoms with van der Waals surface area (Å²) in [6.45, 7) is 2.39. The highest BCUT2D eigenvalue weighted by molar-refractivity contribution is 6.46. The molecule has 1 N–H and O–H groups in total. The summed E-state index contributed by atoms with van der Waals surface area (Å²) >= 11 is 0. The van der Waals surface area contributed by atoms with E-state index in [2.05, 4.69) is 4.98 Å². The van der Waals surface area contributed by atoms with Crippen molar-refractivity contribution in [1.29, 1.82) is 0 Å². The molecule has 0 radical (unpaired) electrons. The quantitative estimate of drug-likeness (QED) is 0.191. The molecule has 0 bridgehead atoms. The monoisotopic (exact) mass is 395 g/mol. The third-order valence-electron chi connectivity index (χ3n) is 4.84. The van der Waals surface area contributed by atoms with Crippen LogP contribution in [0.5, 0.6) is 0 Å². The van der Waals surface area contributed by atoms with Crippen LogP contribution in [-0.2, 0) is 9.59 Å². The Kier molecular flexibility index (Phi) is 6.01. The first kappa shape index (κ1) is 20.2. The first-order valence-corrected chi connectivity index (χ1v) is 9.39. The van der Waals surface area contributed by atoms with Crippen molar-refractivity contribution in [3.05, 3.63) is 75.6 Å². The SMILES string of the molecule is CCCCCN1C(=O)C(=O)/C(=C(\O)c2cccc([N+](=O)[O-])c2)C1c1ccccn1. The fourth-order valence-electron chi connectivity index (χ4n) is 3.41. The molecule has 1 aromatic heterocycles. The minimum atomic E-state index is -0.840. The van der Waals surface area contributed by atoms with Crippen molar-refractivity contribution >= 4 is 23.1 Å². The van der Waals surface area contributed by atoms with Crippen LogP contribution in [0.1, 0.15) is 43.5 Å². The molecule has 2 heterocycles. The van der Waals surface area contributed by atoms with Crippen molar-refractivity contribution in [3.8, 4) is 0 Å². The normalized spacial score (nSPS) is 18.2. The predicted octanol–water partition coefficient (Wildman–Crippen LogP) is 3.60. The lowest BCUT2D eigenvalue weighted by Crippen LogP contribution is -2.31. The van der Waals surface area contributed by atoms with Gasteiger partial charge in [0, 0.05) is 30.4 Å². The van der Waals surface area contributed by atoms with Gasteiger partial charge in [-0.1, -0.05) is 38.0 Å². The summed E-state index contributed by atoms with van der Waals surface area (Å²) in [5, 5.41) is 21.9. The van der Waals surface area contributed by atoms with E-state index in [9.17, 15) is 24.8 Å². The fraction of sp³-hybridized carbons (Fsp3) is 0.286. The number of ketones is 1. The molecule has 3 rings (SSSR count). The highest BCUT2D eigenvalue weighted by Crippen LogP contribution is 2.39. The molecule has 8 nitrogen and oxygen atoms in total. The summed E-state index contributed by atoms with van der Waals surface area (Å²) < 4.78 is 0. The van der Waals surface area contributed by atoms with Crippen molar-refractivity contribution < 1.29 is 19.6 Å². The number of aliphatic hydroxyl groups excluding tert-OH is 1. The Bertz CT molecular complexity index is 971. The topological polar surface area (TPSA) is 114 Å². The highest BCUT2D eigenvalue weighted by atomic mass is 16.6. The second-order valence-corrected chi connectivity index (χ2v) is 6.76. The number of Topliss-reactive ketones (excluding diaryl/α,β-unsaturated/α-hetero) is 1. The van der Waals surface area contributed by atoms with Crippen molar-refractivity contribution in [2.24, 2.45) is 0 Å². The van der Waals surface area contributed by atoms with Gasteiger partial charge in [-0.25, -0.2) is 0 Å². The number of hydrogen-bond donors (Lipinski definition) is 1. The molecule has 1 saturated heterocycles. The minimum absolute atomic E-state index is 0.103. The Labute approximate surface area is 167 Å². The molecule has 150 valence electrons. The number of rotatable bonds is 7. The Balaban J connectivity index is 2.12. The van der Waals surface area contributed by atoms with E-state index >= 15 is 0 Å². The fourth-order valence-corrected chi connectivity index (χ4v) is 3.41. The molecule has 1 amide bonds. The van der Waals surface area contributed by atoms with Gasteiger partial charge in [-0.3, -0.25) is 24.7 Å². The first-order chi connectivity index (χ1) is 14.0. The van der Waals surface area contributed by atoms with Crippen LogP contribution in [-0.4, -0.2) is 38.1 Å². The average molecular weight is 395 g/mol. The summed E-state index contributed by atoms with van der Waals surface area (Å²) in [6, 6.07) is 9.64. The lowest BCUT2D eigenvalue weighted by atomic mass is 9.98. The Morgan fingerprint density at radius 3 is 2.66 bits per heavy atom. The van der Waals surface area contributed by atoms with Crippen LogP contribution in [0.25, 0.3) is 5.76 Å². The molecule has 8 heteroatoms. The Morgan fingerprint density at radius 1 is 1.21 bits per heavy atom. The van der Waals surface area contributed by atoms with E-state index in [1.807, 2.05) is 6.92 Å². The number of unbranched alkanes of at least 4 members (excludes halogenated alkanes) is 2. The number of nitrogens with zero attached hydrogens (tertiary/aromatic N) is 3. The summed E-state index contributed by atoms with van der Waals surface area (Å²) in [5.41, 5.74) is 0.230. The summed E-state index contributed by atoms with van der Waals surface area (Å²) in [6.07, 6.45) is 4.10. The van der Waals surface area contributed by atoms with Gasteiger partial charge in [-0.2, -0.15) is 0 Å². The third kappa shape index (κ3) is 4.01. The van der Waals surface area contributed by atoms with Crippen LogP contribution < -0.4 is 0 Å². The molecule has 1 aliphatic heterocycles. The van der Waals surface area contributed by atoms with E-state index in [4.69, 9.17) is 0 Å². The van der Waals surface area contributed by atoms with Gasteiger partial charge in [0.05, 0.1) is 16.2 Å². The average Bonchev–Trinajstić information content (AvgIpc) is 2.99. The van der Waals surface area contributed by atoms with Crippen LogP contribution in [0.4, 0.5) is 5.69 Å². The van der Waals surface area contributed by atoms with Crippen LogP contribution >= 0.6 is 0 Å². The Hall–Kier alpha value is -3.55. The van der Waals surface area contributed by atoms with E-state index in [0.29, 0.717) is 18.7 Å². The maximum Gasteiger partial charge on any atom is 0.295 e. The van der Waals surface area contributed by atoms with E-state index in [1.54, 1.807) is 24.4 Å². The molecule has 1 fully saturated rings. The number of aromatic nitrogens is 1. The summed E-state index contributed by atoms with van der Waals surface area (Å²) in [5.74, 6) is -1.97. The summed E-state index contributed by atoms with van der Waals surface area (Å²) in [4.78, 5) is 41.7. The summed E-state index contributed by atoms with van der Waals surface area (Å²) in [7, 11) is 0. The standard InChI is InChI=1S/C21H21N3O5/c1-2-3-6-12-23-18(16-10-4-5-11-22-16)17(20(26)21(23)27)19(25)14-8-7-9-15(13-14)24(28)29/h4-5,7-11,13,18,25H,2-3,6,12H2,1H3/b19-17-. The molecule has 0 saturated carbocycles. The number of hydrogen-bond acceptors (Lipinski definition) is 6. The molecule has 0 aliphatic carbocycles. The number of benzene rings is 1. The zero-order valence-electron chi connectivity index (χ0n) is 15.9. The Morgan fingerprint density at radius 2 is 2.00 bits per heavy atom. The number of amides is 1. The van der Waals surface area contributed by atoms with Gasteiger partial charge in [0.1, 0.15) is 11.8 Å². The van der Waals surface area contributed by atoms with Crippen molar-refractivity contribution in [3.63, 3.8) is 0 Å². The van der Waals surface area contributed by atoms with Gasteiger partial charge in [0.2, 0.25) is 0 Å². The van der Waals surface area contributed by atoms with E-state index in [-0.39, 0.29) is 16.8 Å². The molecule has 1 aliphatic rings. The molecule has 0 spiro atoms. The van der Waals surface area contributed by atoms with Crippen LogP contribution in [0.3, 0.4) is 0 Å². The molecular weight excluding hydrogens is 374 g/mol. The predicted molar refractivity (Wildman–Crippen MR) is 106 cm³/mol. The number of pyridine rings is 1. The second-order valence-electron chi connectivity index (χ2n) is 6.76. The van der Waals surface area contributed by atoms with Gasteiger partial charge < -0.3 is 10.0 Å². The molecule has 29 heavy (non-hydrogen) atoms. The number of carbonyl (C=O) groups is 2. The number of nitro groups is 1. The smallest absolute Gasteiger partial charge is 0.295 e. The van der Waals surface area contributed by atoms with Crippen molar-refractivity contribution in [2.45, 2.75) is 32.2 Å². The van der Waals surface area contributed by atoms with Gasteiger partial charge in [0.25, 0.3) is 17.4 Å². The van der Waals surface area contributed by atoms with Crippen molar-refractivity contribution in [1.82, 2.24) is 9.88 Å². The lowest BCUT2D eigenvalue weighted by molar-refractivity contribution is -0.384. The second kappa shape index (κ2) is 8.64. The van der Waals surface area contributed by atoms with E-state index < -0.39 is 28.4 Å². The number of likely N-dealkylation sites (tertiary alicyclic amines) is 1. The van der Waals surface area contributed by atoms with Gasteiger partial charge in [-0.05, 0) is 18.6 Å². The largest absolute Gasteiger partial charge is 0.507 e. The zero-order chi connectivity index (χ0) is 21.0. The highest BCUT2D eigenvalue weighted by Gasteiger charge is 2.46. The van der Waals surface area contributed by atoms with Gasteiger partial charge >= 0.3 is 0 Å². The number of nitro benzene ring substituents is 1. The van der Waals surface area contributed by atoms with Crippen LogP contribution in [0, 0.1) is 10.1 Å². The maximum absolute atomic E-state index is 12.8. The maximum atomic E-state index is 12.8. The lowest BCUT2D eigenvalue weighted by Gasteiger charge is -2.24. The molecular formula is C21H21N3O5. The van der Waals surface area contributed by atoms with Gasteiger partial charge in [-0.15, -0.1) is 0 Å². The number of aliphatic hydroxyl groups is 1. The van der Waals surface area contributed by atoms with Gasteiger partial charge in [0.15, 0.2) is 0 Å². The zero-order valence-corrected chi connectivity index (χ0v) is 15.9. The van der Waals surface area contributed by atoms with E-state index in [1.165, 1.54) is 29.2 Å². The number of non-ortho nitro benzene ring substituents is 1. The first-order valence-electron chi connectivity index (χ1n) is 9.39. The van der Waals surface area contributed by atoms with Crippen LogP contribution in [0.15, 0.2) is 54.2 Å².